The highest BCUT2D eigenvalue weighted by molar-refractivity contribution is 7.92. The number of nitrogens with zero attached hydrogens (tertiary/aromatic N) is 4. The maximum absolute atomic E-state index is 14.5. The first-order valence-electron chi connectivity index (χ1n) is 10.2. The molecule has 1 aliphatic heterocycles. The van der Waals surface area contributed by atoms with Crippen molar-refractivity contribution in [2.24, 2.45) is 5.14 Å². The number of primary sulfonamides is 1. The van der Waals surface area contributed by atoms with Gasteiger partial charge in [-0.3, -0.25) is 0 Å². The minimum atomic E-state index is -4.70. The molecule has 1 saturated heterocycles. The number of hydrogen-bond donors (Lipinski definition) is 6. The van der Waals surface area contributed by atoms with Crippen molar-refractivity contribution in [3.63, 3.8) is 0 Å². The molecule has 184 valence electrons. The number of rotatable bonds is 6. The molecule has 0 aliphatic carbocycles. The van der Waals surface area contributed by atoms with Gasteiger partial charge in [0.25, 0.3) is 0 Å². The summed E-state index contributed by atoms with van der Waals surface area (Å²) in [5, 5.41) is 21.9. The first-order valence-corrected chi connectivity index (χ1v) is 13.2. The molecule has 8 N–H and O–H groups in total. The van der Waals surface area contributed by atoms with Crippen LogP contribution in [0.4, 0.5) is 10.3 Å². The largest absolute Gasteiger partial charge is 0.369 e. The van der Waals surface area contributed by atoms with Crippen molar-refractivity contribution in [3.8, 4) is 22.5 Å². The summed E-state index contributed by atoms with van der Waals surface area (Å²) in [5.74, 6) is -0.961. The van der Waals surface area contributed by atoms with Gasteiger partial charge in [-0.1, -0.05) is 6.07 Å². The van der Waals surface area contributed by atoms with Gasteiger partial charge in [0.1, 0.15) is 15.6 Å². The lowest BCUT2D eigenvalue weighted by Gasteiger charge is -2.18. The second kappa shape index (κ2) is 8.31. The monoisotopic (exact) mass is 522 g/mol. The number of hydrogen-bond acceptors (Lipinski definition) is 10. The molecule has 0 spiro atoms. The minimum absolute atomic E-state index is 0.00629. The van der Waals surface area contributed by atoms with Gasteiger partial charge in [0.2, 0.25) is 25.9 Å². The summed E-state index contributed by atoms with van der Waals surface area (Å²) in [6, 6.07) is 4.20. The minimum Gasteiger partial charge on any atom is -0.369 e. The standard InChI is InChI=1S/C18H19FN10O4S2/c19-8-5-11(15-12(6-8)23-18(20)24-15)10-1-2-13(35(32,33)27-9-3-4-22-7-9)16(34(21,30)31)14(10)17-25-28-29-26-17/h1-2,5-6,9,22,27H,3-4,7H2,(H3,20,23,24)(H2,21,30,31)(H,25,26,28,29)/t9-/m0/s1. The molecule has 1 fully saturated rings. The molecule has 0 amide bonds. The van der Waals surface area contributed by atoms with Crippen LogP contribution in [0.1, 0.15) is 6.42 Å². The number of benzene rings is 2. The Labute approximate surface area is 197 Å². The van der Waals surface area contributed by atoms with E-state index < -0.39 is 41.7 Å². The molecule has 0 radical (unpaired) electrons. The molecular formula is C18H19FN10O4S2. The number of aromatic nitrogens is 6. The molecule has 2 aromatic carbocycles. The topological polar surface area (TPSA) is 228 Å². The molecule has 35 heavy (non-hydrogen) atoms. The number of nitrogens with one attached hydrogen (secondary N) is 4. The van der Waals surface area contributed by atoms with Crippen LogP contribution in [0.25, 0.3) is 33.5 Å². The van der Waals surface area contributed by atoms with Gasteiger partial charge in [0.05, 0.1) is 16.6 Å². The highest BCUT2D eigenvalue weighted by atomic mass is 32.2. The van der Waals surface area contributed by atoms with Crippen LogP contribution < -0.4 is 20.9 Å². The van der Waals surface area contributed by atoms with E-state index in [0.717, 1.165) is 18.2 Å². The van der Waals surface area contributed by atoms with E-state index in [2.05, 4.69) is 40.6 Å². The summed E-state index contributed by atoms with van der Waals surface area (Å²) in [6.45, 7) is 0.978. The first-order chi connectivity index (χ1) is 16.5. The Balaban J connectivity index is 1.85. The Morgan fingerprint density at radius 3 is 2.60 bits per heavy atom. The van der Waals surface area contributed by atoms with Gasteiger partial charge in [0, 0.05) is 18.2 Å². The van der Waals surface area contributed by atoms with Crippen LogP contribution >= 0.6 is 0 Å². The van der Waals surface area contributed by atoms with Crippen LogP contribution in [0.5, 0.6) is 0 Å². The maximum atomic E-state index is 14.5. The Bertz CT molecular complexity index is 1650. The molecule has 17 heteroatoms. The molecular weight excluding hydrogens is 503 g/mol. The molecule has 3 heterocycles. The summed E-state index contributed by atoms with van der Waals surface area (Å²) < 4.78 is 69.2. The van der Waals surface area contributed by atoms with Gasteiger partial charge in [-0.2, -0.15) is 5.21 Å². The predicted molar refractivity (Wildman–Crippen MR) is 122 cm³/mol. The van der Waals surface area contributed by atoms with Gasteiger partial charge >= 0.3 is 0 Å². The van der Waals surface area contributed by atoms with E-state index >= 15 is 0 Å². The molecule has 4 aromatic rings. The smallest absolute Gasteiger partial charge is 0.242 e. The van der Waals surface area contributed by atoms with Crippen LogP contribution in [0.15, 0.2) is 34.1 Å². The normalized spacial score (nSPS) is 16.8. The molecule has 5 rings (SSSR count). The fraction of sp³-hybridized carbons (Fsp3) is 0.222. The molecule has 1 atom stereocenters. The van der Waals surface area contributed by atoms with Crippen LogP contribution in [0.3, 0.4) is 0 Å². The first kappa shape index (κ1) is 23.2. The highest BCUT2D eigenvalue weighted by Gasteiger charge is 2.34. The SMILES string of the molecule is Nc1nc2c(-c3ccc(S(=O)(=O)N[C@H]4CCNC4)c(S(N)(=O)=O)c3-c3nn[nH]n3)cc(F)cc2[nH]1. The molecule has 14 nitrogen and oxygen atoms in total. The number of aromatic amines is 2. The van der Waals surface area contributed by atoms with Crippen molar-refractivity contribution in [1.29, 1.82) is 0 Å². The number of nitrogen functional groups attached to an aromatic ring is 1. The molecule has 0 saturated carbocycles. The number of fused-ring (bicyclic) bond motifs is 1. The van der Waals surface area contributed by atoms with E-state index in [1.165, 1.54) is 6.07 Å². The lowest BCUT2D eigenvalue weighted by atomic mass is 9.97. The Kier molecular flexibility index (Phi) is 5.52. The third kappa shape index (κ3) is 4.23. The van der Waals surface area contributed by atoms with Gasteiger partial charge in [-0.05, 0) is 41.9 Å². The second-order valence-electron chi connectivity index (χ2n) is 7.88. The van der Waals surface area contributed by atoms with Crippen LogP contribution in [0, 0.1) is 5.82 Å². The number of imidazole rings is 1. The van der Waals surface area contributed by atoms with E-state index in [4.69, 9.17) is 10.9 Å². The summed E-state index contributed by atoms with van der Waals surface area (Å²) in [6.07, 6.45) is 0.515. The van der Waals surface area contributed by atoms with Crippen molar-refractivity contribution in [1.82, 2.24) is 40.6 Å². The predicted octanol–water partition coefficient (Wildman–Crippen LogP) is -0.581. The van der Waals surface area contributed by atoms with E-state index in [9.17, 15) is 21.2 Å². The number of nitrogens with two attached hydrogens (primary N) is 2. The van der Waals surface area contributed by atoms with Crippen molar-refractivity contribution in [2.75, 3.05) is 18.8 Å². The number of halogens is 1. The lowest BCUT2D eigenvalue weighted by molar-refractivity contribution is 0.555. The molecule has 2 aromatic heterocycles. The Hall–Kier alpha value is -3.51. The summed E-state index contributed by atoms with van der Waals surface area (Å²) in [7, 11) is -9.07. The average Bonchev–Trinajstić information content (AvgIpc) is 3.53. The summed E-state index contributed by atoms with van der Waals surface area (Å²) >= 11 is 0. The van der Waals surface area contributed by atoms with Crippen molar-refractivity contribution in [3.05, 3.63) is 30.1 Å². The molecule has 0 bridgehead atoms. The van der Waals surface area contributed by atoms with Crippen LogP contribution in [0.2, 0.25) is 0 Å². The lowest BCUT2D eigenvalue weighted by Crippen LogP contribution is -2.37. The van der Waals surface area contributed by atoms with Gasteiger partial charge in [-0.15, -0.1) is 10.2 Å². The number of H-pyrrole nitrogens is 2. The molecule has 1 aliphatic rings. The van der Waals surface area contributed by atoms with Crippen molar-refractivity contribution < 1.29 is 21.2 Å². The Morgan fingerprint density at radius 2 is 1.94 bits per heavy atom. The van der Waals surface area contributed by atoms with E-state index in [1.807, 2.05) is 0 Å². The second-order valence-corrected chi connectivity index (χ2v) is 11.1. The van der Waals surface area contributed by atoms with Crippen LogP contribution in [-0.4, -0.2) is 66.6 Å². The average molecular weight is 523 g/mol. The fourth-order valence-electron chi connectivity index (χ4n) is 4.12. The quantitative estimate of drug-likeness (QED) is 0.189. The van der Waals surface area contributed by atoms with Crippen molar-refractivity contribution >= 4 is 37.0 Å². The van der Waals surface area contributed by atoms with E-state index in [0.29, 0.717) is 19.5 Å². The molecule has 0 unspecified atom stereocenters. The summed E-state index contributed by atoms with van der Waals surface area (Å²) in [5.41, 5.74) is 6.05. The number of anilines is 1. The zero-order chi connectivity index (χ0) is 25.0. The van der Waals surface area contributed by atoms with Gasteiger partial charge in [0.15, 0.2) is 5.95 Å². The fourth-order valence-corrected chi connectivity index (χ4v) is 6.99. The maximum Gasteiger partial charge on any atom is 0.242 e. The van der Waals surface area contributed by atoms with E-state index in [1.54, 1.807) is 0 Å². The van der Waals surface area contributed by atoms with E-state index in [-0.39, 0.29) is 39.5 Å². The third-order valence-electron chi connectivity index (χ3n) is 5.51. The number of tetrazole rings is 1. The van der Waals surface area contributed by atoms with Crippen molar-refractivity contribution in [2.45, 2.75) is 22.3 Å². The summed E-state index contributed by atoms with van der Waals surface area (Å²) in [4.78, 5) is 5.49. The Morgan fingerprint density at radius 1 is 1.14 bits per heavy atom. The van der Waals surface area contributed by atoms with Crippen LogP contribution in [-0.2, 0) is 20.0 Å². The highest BCUT2D eigenvalue weighted by Crippen LogP contribution is 2.41. The third-order valence-corrected chi connectivity index (χ3v) is 8.19. The zero-order valence-electron chi connectivity index (χ0n) is 17.8. The van der Waals surface area contributed by atoms with Gasteiger partial charge in [-0.25, -0.2) is 36.1 Å². The zero-order valence-corrected chi connectivity index (χ0v) is 19.4. The van der Waals surface area contributed by atoms with Gasteiger partial charge < -0.3 is 16.0 Å². The number of sulfonamides is 2.